The molecule has 0 radical (unpaired) electrons. The first kappa shape index (κ1) is 19.0. The van der Waals surface area contributed by atoms with Crippen LogP contribution in [0.5, 0.6) is 0 Å². The standard InChI is InChI=1S/C22H22N6OS2/c1-31(29,16-3-4-16)28-8-6-14(7-9-28)19-11-17-21(23-12-24-22(17)27-19)26-15-2-5-18-20(10-15)30-13-25-18/h2,5-6,10-13,16H,1,3-4,7-9H2,(H2,23,24,26,27). The highest BCUT2D eigenvalue weighted by molar-refractivity contribution is 7.99. The number of anilines is 2. The Labute approximate surface area is 184 Å². The van der Waals surface area contributed by atoms with E-state index in [9.17, 15) is 4.21 Å². The van der Waals surface area contributed by atoms with Gasteiger partial charge in [0.25, 0.3) is 0 Å². The van der Waals surface area contributed by atoms with Crippen LogP contribution < -0.4 is 5.32 Å². The van der Waals surface area contributed by atoms with Crippen molar-refractivity contribution in [1.29, 1.82) is 0 Å². The van der Waals surface area contributed by atoms with Crippen molar-refractivity contribution in [3.8, 4) is 0 Å². The van der Waals surface area contributed by atoms with Crippen LogP contribution >= 0.6 is 11.3 Å². The number of aromatic nitrogens is 4. The van der Waals surface area contributed by atoms with E-state index in [0.717, 1.165) is 64.3 Å². The first-order valence-electron chi connectivity index (χ1n) is 10.3. The van der Waals surface area contributed by atoms with Gasteiger partial charge >= 0.3 is 0 Å². The molecule has 1 aromatic carbocycles. The number of nitrogens with one attached hydrogen (secondary N) is 2. The Hall–Kier alpha value is -2.75. The van der Waals surface area contributed by atoms with Crippen LogP contribution in [0.2, 0.25) is 0 Å². The summed E-state index contributed by atoms with van der Waals surface area (Å²) in [5, 5.41) is 4.65. The predicted octanol–water partition coefficient (Wildman–Crippen LogP) is 4.19. The highest BCUT2D eigenvalue weighted by Crippen LogP contribution is 2.34. The van der Waals surface area contributed by atoms with E-state index in [2.05, 4.69) is 53.6 Å². The van der Waals surface area contributed by atoms with E-state index in [1.807, 2.05) is 17.6 Å². The average molecular weight is 451 g/mol. The van der Waals surface area contributed by atoms with Crippen LogP contribution in [0, 0.1) is 0 Å². The van der Waals surface area contributed by atoms with E-state index in [4.69, 9.17) is 0 Å². The zero-order chi connectivity index (χ0) is 21.0. The fourth-order valence-electron chi connectivity index (χ4n) is 4.11. The second-order valence-corrected chi connectivity index (χ2v) is 11.5. The van der Waals surface area contributed by atoms with Crippen molar-refractivity contribution in [3.63, 3.8) is 0 Å². The lowest BCUT2D eigenvalue weighted by Gasteiger charge is -2.29. The number of hydrogen-bond donors (Lipinski definition) is 2. The average Bonchev–Trinajstić information content (AvgIpc) is 3.39. The molecular formula is C22H22N6OS2. The predicted molar refractivity (Wildman–Crippen MR) is 129 cm³/mol. The van der Waals surface area contributed by atoms with Gasteiger partial charge in [0.05, 0.1) is 21.1 Å². The fraction of sp³-hybridized carbons (Fsp3) is 0.273. The second-order valence-electron chi connectivity index (χ2n) is 8.08. The van der Waals surface area contributed by atoms with Crippen LogP contribution in [-0.2, 0) is 9.71 Å². The van der Waals surface area contributed by atoms with Gasteiger partial charge < -0.3 is 10.3 Å². The van der Waals surface area contributed by atoms with E-state index in [0.29, 0.717) is 6.54 Å². The zero-order valence-electron chi connectivity index (χ0n) is 16.9. The molecule has 1 atom stereocenters. The Morgan fingerprint density at radius 1 is 1.23 bits per heavy atom. The molecule has 1 fully saturated rings. The van der Waals surface area contributed by atoms with Crippen molar-refractivity contribution in [2.45, 2.75) is 24.5 Å². The Balaban J connectivity index is 1.28. The number of aromatic amines is 1. The minimum Gasteiger partial charge on any atom is -0.340 e. The molecule has 6 rings (SSSR count). The molecule has 9 heteroatoms. The fourth-order valence-corrected chi connectivity index (χ4v) is 6.84. The van der Waals surface area contributed by atoms with E-state index >= 15 is 0 Å². The summed E-state index contributed by atoms with van der Waals surface area (Å²) in [4.78, 5) is 16.7. The molecule has 0 saturated heterocycles. The maximum atomic E-state index is 12.9. The first-order valence-corrected chi connectivity index (χ1v) is 13.0. The summed E-state index contributed by atoms with van der Waals surface area (Å²) in [6, 6.07) is 8.21. The second kappa shape index (κ2) is 7.15. The summed E-state index contributed by atoms with van der Waals surface area (Å²) in [6.07, 6.45) is 6.66. The first-order chi connectivity index (χ1) is 15.1. The number of hydrogen-bond acceptors (Lipinski definition) is 6. The Kier molecular flexibility index (Phi) is 4.38. The van der Waals surface area contributed by atoms with Crippen molar-refractivity contribution < 1.29 is 4.21 Å². The van der Waals surface area contributed by atoms with Gasteiger partial charge in [-0.05, 0) is 55.0 Å². The molecule has 0 amide bonds. The van der Waals surface area contributed by atoms with E-state index in [1.165, 1.54) is 5.57 Å². The third kappa shape index (κ3) is 3.42. The lowest BCUT2D eigenvalue weighted by Crippen LogP contribution is -2.36. The summed E-state index contributed by atoms with van der Waals surface area (Å²) in [5.74, 6) is 4.81. The maximum Gasteiger partial charge on any atom is 0.143 e. The van der Waals surface area contributed by atoms with Gasteiger partial charge in [-0.15, -0.1) is 11.3 Å². The van der Waals surface area contributed by atoms with Crippen LogP contribution in [0.15, 0.2) is 42.2 Å². The van der Waals surface area contributed by atoms with E-state index in [-0.39, 0.29) is 5.25 Å². The summed E-state index contributed by atoms with van der Waals surface area (Å²) in [6.45, 7) is 1.45. The quantitative estimate of drug-likeness (QED) is 0.445. The normalized spacial score (nSPS) is 19.4. The largest absolute Gasteiger partial charge is 0.340 e. The monoisotopic (exact) mass is 450 g/mol. The highest BCUT2D eigenvalue weighted by atomic mass is 32.2. The minimum absolute atomic E-state index is 0.281. The van der Waals surface area contributed by atoms with Gasteiger partial charge in [-0.2, -0.15) is 0 Å². The topological polar surface area (TPSA) is 86.8 Å². The molecule has 1 aliphatic heterocycles. The van der Waals surface area contributed by atoms with Gasteiger partial charge in [0.15, 0.2) is 0 Å². The molecule has 4 heterocycles. The van der Waals surface area contributed by atoms with Gasteiger partial charge in [-0.3, -0.25) is 4.21 Å². The number of H-pyrrole nitrogens is 1. The Morgan fingerprint density at radius 2 is 2.13 bits per heavy atom. The van der Waals surface area contributed by atoms with Crippen molar-refractivity contribution in [2.75, 3.05) is 18.4 Å². The molecule has 0 bridgehead atoms. The number of fused-ring (bicyclic) bond motifs is 2. The summed E-state index contributed by atoms with van der Waals surface area (Å²) in [7, 11) is -2.13. The SMILES string of the molecule is C=S(=O)(C1CC1)N1CC=C(c2cc3c(Nc4ccc5ncsc5c4)ncnc3[nH]2)CC1. The Morgan fingerprint density at radius 3 is 2.94 bits per heavy atom. The minimum atomic E-state index is -2.13. The molecular weight excluding hydrogens is 428 g/mol. The van der Waals surface area contributed by atoms with Gasteiger partial charge in [0.2, 0.25) is 0 Å². The smallest absolute Gasteiger partial charge is 0.143 e. The van der Waals surface area contributed by atoms with Gasteiger partial charge in [0, 0.05) is 39.4 Å². The molecule has 1 unspecified atom stereocenters. The summed E-state index contributed by atoms with van der Waals surface area (Å²) >= 11 is 1.62. The van der Waals surface area contributed by atoms with Crippen molar-refractivity contribution in [1.82, 2.24) is 24.2 Å². The van der Waals surface area contributed by atoms with E-state index in [1.54, 1.807) is 17.7 Å². The van der Waals surface area contributed by atoms with Crippen molar-refractivity contribution in [3.05, 3.63) is 47.9 Å². The molecule has 7 nitrogen and oxygen atoms in total. The Bertz CT molecular complexity index is 1430. The summed E-state index contributed by atoms with van der Waals surface area (Å²) in [5.41, 5.74) is 6.88. The molecule has 31 heavy (non-hydrogen) atoms. The molecule has 1 aliphatic carbocycles. The molecule has 1 saturated carbocycles. The number of benzene rings is 1. The van der Waals surface area contributed by atoms with Crippen LogP contribution in [0.1, 0.15) is 25.0 Å². The van der Waals surface area contributed by atoms with E-state index < -0.39 is 9.71 Å². The molecule has 0 spiro atoms. The molecule has 3 aromatic heterocycles. The molecule has 158 valence electrons. The highest BCUT2D eigenvalue weighted by Gasteiger charge is 2.35. The van der Waals surface area contributed by atoms with Crippen LogP contribution in [0.3, 0.4) is 0 Å². The lowest BCUT2D eigenvalue weighted by atomic mass is 10.1. The molecule has 4 aromatic rings. The van der Waals surface area contributed by atoms with Crippen molar-refractivity contribution >= 4 is 65.2 Å². The van der Waals surface area contributed by atoms with Crippen LogP contribution in [0.4, 0.5) is 11.5 Å². The van der Waals surface area contributed by atoms with Crippen molar-refractivity contribution in [2.24, 2.45) is 0 Å². The number of rotatable bonds is 5. The van der Waals surface area contributed by atoms with Crippen LogP contribution in [0.25, 0.3) is 26.8 Å². The van der Waals surface area contributed by atoms with Gasteiger partial charge in [0.1, 0.15) is 17.8 Å². The third-order valence-electron chi connectivity index (χ3n) is 6.02. The zero-order valence-corrected chi connectivity index (χ0v) is 18.5. The third-order valence-corrected chi connectivity index (χ3v) is 9.53. The maximum absolute atomic E-state index is 12.9. The summed E-state index contributed by atoms with van der Waals surface area (Å²) < 4.78 is 16.1. The lowest BCUT2D eigenvalue weighted by molar-refractivity contribution is 0.480. The molecule has 2 aliphatic rings. The van der Waals surface area contributed by atoms with Gasteiger partial charge in [-0.1, -0.05) is 6.08 Å². The van der Waals surface area contributed by atoms with Crippen LogP contribution in [-0.4, -0.2) is 52.7 Å². The number of nitrogens with zero attached hydrogens (tertiary/aromatic N) is 4. The number of thiazole rings is 1. The van der Waals surface area contributed by atoms with Gasteiger partial charge in [-0.25, -0.2) is 19.3 Å². The molecule has 2 N–H and O–H groups in total.